The minimum absolute atomic E-state index is 0.0753. The van der Waals surface area contributed by atoms with Gasteiger partial charge in [0, 0.05) is 22.2 Å². The average molecular weight is 318 g/mol. The number of halogens is 2. The highest BCUT2D eigenvalue weighted by molar-refractivity contribution is 6.31. The first kappa shape index (κ1) is 14.2. The summed E-state index contributed by atoms with van der Waals surface area (Å²) in [6.45, 7) is 0. The third-order valence-electron chi connectivity index (χ3n) is 3.06. The van der Waals surface area contributed by atoms with Crippen LogP contribution in [0.3, 0.4) is 0 Å². The number of nitrogens with one attached hydrogen (secondary N) is 1. The van der Waals surface area contributed by atoms with Crippen LogP contribution in [-0.4, -0.2) is 9.91 Å². The molecule has 1 N–H and O–H groups in total. The van der Waals surface area contributed by atoms with Crippen LogP contribution in [0, 0.1) is 15.9 Å². The summed E-state index contributed by atoms with van der Waals surface area (Å²) >= 11 is 5.92. The first-order chi connectivity index (χ1) is 10.5. The normalized spacial score (nSPS) is 10.6. The number of hydrogen-bond donors (Lipinski definition) is 1. The van der Waals surface area contributed by atoms with E-state index in [9.17, 15) is 14.5 Å². The fraction of sp³-hybridized carbons (Fsp3) is 0. The van der Waals surface area contributed by atoms with E-state index in [0.717, 1.165) is 0 Å². The Kier molecular flexibility index (Phi) is 3.60. The molecule has 22 heavy (non-hydrogen) atoms. The standard InChI is InChI=1S/C15H9ClFN3O2/c16-10-2-1-9-7-14(20(21)22)15(19-13(9)8-10)18-12-5-3-11(17)4-6-12/h1-8H,(H,18,19). The van der Waals surface area contributed by atoms with Gasteiger partial charge in [0.15, 0.2) is 0 Å². The van der Waals surface area contributed by atoms with Gasteiger partial charge in [-0.15, -0.1) is 0 Å². The number of nitrogens with zero attached hydrogens (tertiary/aromatic N) is 2. The van der Waals surface area contributed by atoms with Crippen molar-refractivity contribution >= 4 is 39.7 Å². The summed E-state index contributed by atoms with van der Waals surface area (Å²) in [5.41, 5.74) is 0.861. The molecular weight excluding hydrogens is 309 g/mol. The number of fused-ring (bicyclic) bond motifs is 1. The van der Waals surface area contributed by atoms with Gasteiger partial charge in [0.25, 0.3) is 0 Å². The summed E-state index contributed by atoms with van der Waals surface area (Å²) in [6, 6.07) is 11.8. The van der Waals surface area contributed by atoms with Gasteiger partial charge in [-0.05, 0) is 36.4 Å². The van der Waals surface area contributed by atoms with Crippen molar-refractivity contribution in [3.05, 3.63) is 69.5 Å². The monoisotopic (exact) mass is 317 g/mol. The molecule has 0 amide bonds. The predicted molar refractivity (Wildman–Crippen MR) is 83.1 cm³/mol. The van der Waals surface area contributed by atoms with Gasteiger partial charge in [0.05, 0.1) is 10.4 Å². The molecule has 2 aromatic carbocycles. The number of benzene rings is 2. The molecule has 1 heterocycles. The zero-order valence-electron chi connectivity index (χ0n) is 11.1. The maximum absolute atomic E-state index is 12.9. The van der Waals surface area contributed by atoms with Crippen LogP contribution in [0.5, 0.6) is 0 Å². The van der Waals surface area contributed by atoms with Crippen molar-refractivity contribution in [3.63, 3.8) is 0 Å². The molecule has 3 rings (SSSR count). The lowest BCUT2D eigenvalue weighted by Crippen LogP contribution is -2.00. The molecule has 3 aromatic rings. The summed E-state index contributed by atoms with van der Waals surface area (Å²) < 4.78 is 12.9. The van der Waals surface area contributed by atoms with Crippen molar-refractivity contribution in [2.45, 2.75) is 0 Å². The van der Waals surface area contributed by atoms with Gasteiger partial charge in [-0.1, -0.05) is 17.7 Å². The van der Waals surface area contributed by atoms with Crippen LogP contribution in [0.4, 0.5) is 21.6 Å². The lowest BCUT2D eigenvalue weighted by molar-refractivity contribution is -0.384. The van der Waals surface area contributed by atoms with Crippen molar-refractivity contribution in [1.82, 2.24) is 4.98 Å². The Hall–Kier alpha value is -2.73. The molecule has 0 aliphatic heterocycles. The smallest absolute Gasteiger partial charge is 0.312 e. The number of nitro groups is 1. The Balaban J connectivity index is 2.11. The van der Waals surface area contributed by atoms with Gasteiger partial charge in [-0.25, -0.2) is 9.37 Å². The highest BCUT2D eigenvalue weighted by Crippen LogP contribution is 2.30. The highest BCUT2D eigenvalue weighted by Gasteiger charge is 2.17. The molecule has 0 atom stereocenters. The van der Waals surface area contributed by atoms with Gasteiger partial charge in [-0.2, -0.15) is 0 Å². The van der Waals surface area contributed by atoms with Gasteiger partial charge < -0.3 is 5.32 Å². The fourth-order valence-corrected chi connectivity index (χ4v) is 2.20. The van der Waals surface area contributed by atoms with E-state index in [1.54, 1.807) is 18.2 Å². The first-order valence-corrected chi connectivity index (χ1v) is 6.68. The summed E-state index contributed by atoms with van der Waals surface area (Å²) in [6.07, 6.45) is 0. The van der Waals surface area contributed by atoms with Crippen LogP contribution >= 0.6 is 11.6 Å². The SMILES string of the molecule is O=[N+]([O-])c1cc2ccc(Cl)cc2nc1Nc1ccc(F)cc1. The third-order valence-corrected chi connectivity index (χ3v) is 3.30. The zero-order valence-corrected chi connectivity index (χ0v) is 11.8. The molecule has 5 nitrogen and oxygen atoms in total. The van der Waals surface area contributed by atoms with Crippen molar-refractivity contribution in [2.24, 2.45) is 0 Å². The third kappa shape index (κ3) is 2.82. The zero-order chi connectivity index (χ0) is 15.7. The Morgan fingerprint density at radius 3 is 2.55 bits per heavy atom. The minimum Gasteiger partial charge on any atom is -0.334 e. The van der Waals surface area contributed by atoms with E-state index in [-0.39, 0.29) is 11.5 Å². The Morgan fingerprint density at radius 1 is 1.14 bits per heavy atom. The van der Waals surface area contributed by atoms with E-state index >= 15 is 0 Å². The summed E-state index contributed by atoms with van der Waals surface area (Å²) in [4.78, 5) is 14.9. The molecule has 0 spiro atoms. The van der Waals surface area contributed by atoms with E-state index in [2.05, 4.69) is 10.3 Å². The van der Waals surface area contributed by atoms with Gasteiger partial charge in [0.1, 0.15) is 5.82 Å². The molecule has 0 saturated heterocycles. The van der Waals surface area contributed by atoms with Gasteiger partial charge >= 0.3 is 5.69 Å². The van der Waals surface area contributed by atoms with Crippen LogP contribution in [0.25, 0.3) is 10.9 Å². The number of hydrogen-bond acceptors (Lipinski definition) is 4. The van der Waals surface area contributed by atoms with Crippen LogP contribution in [-0.2, 0) is 0 Å². The predicted octanol–water partition coefficient (Wildman–Crippen LogP) is 4.68. The van der Waals surface area contributed by atoms with Crippen LogP contribution in [0.2, 0.25) is 5.02 Å². The van der Waals surface area contributed by atoms with Crippen molar-refractivity contribution in [1.29, 1.82) is 0 Å². The van der Waals surface area contributed by atoms with Crippen molar-refractivity contribution < 1.29 is 9.31 Å². The Labute approximate surface area is 129 Å². The highest BCUT2D eigenvalue weighted by atomic mass is 35.5. The van der Waals surface area contributed by atoms with E-state index < -0.39 is 10.7 Å². The molecule has 0 unspecified atom stereocenters. The van der Waals surface area contributed by atoms with E-state index in [4.69, 9.17) is 11.6 Å². The molecule has 7 heteroatoms. The van der Waals surface area contributed by atoms with Crippen LogP contribution in [0.1, 0.15) is 0 Å². The number of rotatable bonds is 3. The maximum atomic E-state index is 12.9. The molecule has 0 saturated carbocycles. The second kappa shape index (κ2) is 5.57. The molecule has 110 valence electrons. The topological polar surface area (TPSA) is 68.1 Å². The number of aromatic nitrogens is 1. The quantitative estimate of drug-likeness (QED) is 0.562. The Morgan fingerprint density at radius 2 is 1.86 bits per heavy atom. The van der Waals surface area contributed by atoms with Crippen molar-refractivity contribution in [3.8, 4) is 0 Å². The second-order valence-electron chi connectivity index (χ2n) is 4.58. The molecule has 0 aliphatic carbocycles. The lowest BCUT2D eigenvalue weighted by atomic mass is 10.2. The maximum Gasteiger partial charge on any atom is 0.312 e. The average Bonchev–Trinajstić information content (AvgIpc) is 2.48. The summed E-state index contributed by atoms with van der Waals surface area (Å²) in [7, 11) is 0. The van der Waals surface area contributed by atoms with E-state index in [0.29, 0.717) is 21.6 Å². The largest absolute Gasteiger partial charge is 0.334 e. The molecule has 1 aromatic heterocycles. The van der Waals surface area contributed by atoms with E-state index in [1.807, 2.05) is 0 Å². The fourth-order valence-electron chi connectivity index (χ4n) is 2.03. The number of pyridine rings is 1. The molecular formula is C15H9ClFN3O2. The molecule has 0 radical (unpaired) electrons. The summed E-state index contributed by atoms with van der Waals surface area (Å²) in [5, 5.41) is 15.1. The summed E-state index contributed by atoms with van der Waals surface area (Å²) in [5.74, 6) is -0.315. The number of anilines is 2. The molecule has 0 bridgehead atoms. The van der Waals surface area contributed by atoms with Gasteiger partial charge in [0.2, 0.25) is 5.82 Å². The first-order valence-electron chi connectivity index (χ1n) is 6.30. The van der Waals surface area contributed by atoms with Gasteiger partial charge in [-0.3, -0.25) is 10.1 Å². The van der Waals surface area contributed by atoms with E-state index in [1.165, 1.54) is 30.3 Å². The van der Waals surface area contributed by atoms with Crippen LogP contribution < -0.4 is 5.32 Å². The minimum atomic E-state index is -0.521. The second-order valence-corrected chi connectivity index (χ2v) is 5.02. The van der Waals surface area contributed by atoms with Crippen LogP contribution in [0.15, 0.2) is 48.5 Å². The lowest BCUT2D eigenvalue weighted by Gasteiger charge is -2.08. The molecule has 0 aliphatic rings. The molecule has 0 fully saturated rings. The Bertz CT molecular complexity index is 869. The van der Waals surface area contributed by atoms with Crippen molar-refractivity contribution in [2.75, 3.05) is 5.32 Å².